The van der Waals surface area contributed by atoms with Crippen LogP contribution >= 0.6 is 11.6 Å². The van der Waals surface area contributed by atoms with Crippen molar-refractivity contribution in [2.45, 2.75) is 6.42 Å². The van der Waals surface area contributed by atoms with Crippen LogP contribution in [0.3, 0.4) is 0 Å². The Kier molecular flexibility index (Phi) is 3.22. The molecule has 0 unspecified atom stereocenters. The highest BCUT2D eigenvalue weighted by Crippen LogP contribution is 2.29. The smallest absolute Gasteiger partial charge is 0.230 e. The van der Waals surface area contributed by atoms with E-state index >= 15 is 0 Å². The summed E-state index contributed by atoms with van der Waals surface area (Å²) >= 11 is 5.89. The van der Waals surface area contributed by atoms with Gasteiger partial charge in [-0.15, -0.1) is 0 Å². The molecule has 0 saturated carbocycles. The zero-order chi connectivity index (χ0) is 11.5. The molecule has 5 heteroatoms. The van der Waals surface area contributed by atoms with Crippen molar-refractivity contribution >= 4 is 11.6 Å². The molecule has 3 nitrogen and oxygen atoms in total. The van der Waals surface area contributed by atoms with Crippen LogP contribution in [0.15, 0.2) is 28.9 Å². The van der Waals surface area contributed by atoms with Gasteiger partial charge in [0.1, 0.15) is 12.1 Å². The minimum Gasteiger partial charge on any atom is -0.444 e. The van der Waals surface area contributed by atoms with Crippen molar-refractivity contribution in [2.75, 3.05) is 6.54 Å². The van der Waals surface area contributed by atoms with Gasteiger partial charge in [0.25, 0.3) is 0 Å². The Bertz CT molecular complexity index is 478. The lowest BCUT2D eigenvalue weighted by Gasteiger charge is -2.00. The second-order valence-corrected chi connectivity index (χ2v) is 3.69. The number of nitrogens with two attached hydrogens (primary N) is 1. The Balaban J connectivity index is 2.42. The summed E-state index contributed by atoms with van der Waals surface area (Å²) in [5, 5.41) is 0.279. The maximum absolute atomic E-state index is 13.5. The summed E-state index contributed by atoms with van der Waals surface area (Å²) in [6, 6.07) is 4.44. The number of halogens is 2. The molecule has 0 radical (unpaired) electrons. The van der Waals surface area contributed by atoms with Crippen LogP contribution in [0.2, 0.25) is 5.02 Å². The molecule has 0 bridgehead atoms. The van der Waals surface area contributed by atoms with Crippen molar-refractivity contribution in [3.63, 3.8) is 0 Å². The molecule has 1 heterocycles. The minimum absolute atomic E-state index is 0.187. The molecule has 0 spiro atoms. The van der Waals surface area contributed by atoms with Crippen LogP contribution < -0.4 is 5.73 Å². The molecule has 2 N–H and O–H groups in total. The summed E-state index contributed by atoms with van der Waals surface area (Å²) in [4.78, 5) is 4.12. The molecule has 0 fully saturated rings. The van der Waals surface area contributed by atoms with E-state index in [9.17, 15) is 4.39 Å². The van der Waals surface area contributed by atoms with Crippen molar-refractivity contribution in [1.29, 1.82) is 0 Å². The van der Waals surface area contributed by atoms with Crippen LogP contribution in [0, 0.1) is 5.82 Å². The van der Waals surface area contributed by atoms with Gasteiger partial charge in [-0.3, -0.25) is 0 Å². The molecule has 1 aromatic heterocycles. The van der Waals surface area contributed by atoms with E-state index in [1.165, 1.54) is 18.4 Å². The molecular formula is C11H10ClFN2O. The van der Waals surface area contributed by atoms with Crippen molar-refractivity contribution in [3.8, 4) is 11.5 Å². The van der Waals surface area contributed by atoms with Crippen LogP contribution in [0.1, 0.15) is 5.69 Å². The highest BCUT2D eigenvalue weighted by atomic mass is 35.5. The van der Waals surface area contributed by atoms with Crippen LogP contribution in [0.25, 0.3) is 11.5 Å². The average Bonchev–Trinajstić information content (AvgIpc) is 2.67. The number of hydrogen-bond acceptors (Lipinski definition) is 3. The first kappa shape index (κ1) is 11.1. The summed E-state index contributed by atoms with van der Waals surface area (Å²) in [5.74, 6) is -0.264. The third kappa shape index (κ3) is 2.08. The largest absolute Gasteiger partial charge is 0.444 e. The molecule has 0 aliphatic rings. The Morgan fingerprint density at radius 2 is 2.25 bits per heavy atom. The number of hydrogen-bond donors (Lipinski definition) is 1. The topological polar surface area (TPSA) is 52.0 Å². The molecule has 84 valence electrons. The molecule has 1 aromatic carbocycles. The van der Waals surface area contributed by atoms with E-state index < -0.39 is 5.82 Å². The molecule has 0 atom stereocenters. The minimum atomic E-state index is -0.450. The van der Waals surface area contributed by atoms with E-state index in [0.717, 1.165) is 0 Å². The standard InChI is InChI=1S/C11H10ClFN2O/c12-8-2-1-3-9(13)10(8)11-15-7(4-5-14)6-16-11/h1-3,6H,4-5,14H2. The highest BCUT2D eigenvalue weighted by molar-refractivity contribution is 6.33. The van der Waals surface area contributed by atoms with Crippen molar-refractivity contribution in [1.82, 2.24) is 4.98 Å². The second-order valence-electron chi connectivity index (χ2n) is 3.28. The molecule has 0 saturated heterocycles. The maximum Gasteiger partial charge on any atom is 0.230 e. The van der Waals surface area contributed by atoms with Gasteiger partial charge >= 0.3 is 0 Å². The van der Waals surface area contributed by atoms with Crippen molar-refractivity contribution in [3.05, 3.63) is 41.0 Å². The number of oxazole rings is 1. The number of rotatable bonds is 3. The fourth-order valence-corrected chi connectivity index (χ4v) is 1.63. The van der Waals surface area contributed by atoms with Gasteiger partial charge < -0.3 is 10.2 Å². The van der Waals surface area contributed by atoms with Gasteiger partial charge in [-0.05, 0) is 18.7 Å². The van der Waals surface area contributed by atoms with E-state index in [0.29, 0.717) is 18.7 Å². The van der Waals surface area contributed by atoms with E-state index in [1.807, 2.05) is 0 Å². The van der Waals surface area contributed by atoms with Gasteiger partial charge in [0.2, 0.25) is 5.89 Å². The van der Waals surface area contributed by atoms with Gasteiger partial charge in [-0.2, -0.15) is 0 Å². The summed E-state index contributed by atoms with van der Waals surface area (Å²) in [7, 11) is 0. The lowest BCUT2D eigenvalue weighted by Crippen LogP contribution is -2.02. The van der Waals surface area contributed by atoms with Crippen molar-refractivity contribution in [2.24, 2.45) is 5.73 Å². The molecule has 2 rings (SSSR count). The second kappa shape index (κ2) is 4.63. The summed E-state index contributed by atoms with van der Waals surface area (Å²) in [6.45, 7) is 0.469. The number of benzene rings is 1. The number of aromatic nitrogens is 1. The summed E-state index contributed by atoms with van der Waals surface area (Å²) in [6.07, 6.45) is 2.06. The fraction of sp³-hybridized carbons (Fsp3) is 0.182. The van der Waals surface area contributed by atoms with E-state index in [1.54, 1.807) is 6.07 Å². The van der Waals surface area contributed by atoms with Gasteiger partial charge in [-0.1, -0.05) is 17.7 Å². The quantitative estimate of drug-likeness (QED) is 0.897. The van der Waals surface area contributed by atoms with Crippen LogP contribution in [-0.2, 0) is 6.42 Å². The summed E-state index contributed by atoms with van der Waals surface area (Å²) < 4.78 is 18.7. The first-order valence-corrected chi connectivity index (χ1v) is 5.19. The predicted molar refractivity (Wildman–Crippen MR) is 59.7 cm³/mol. The lowest BCUT2D eigenvalue weighted by atomic mass is 10.2. The zero-order valence-corrected chi connectivity index (χ0v) is 9.17. The zero-order valence-electron chi connectivity index (χ0n) is 8.41. The molecular weight excluding hydrogens is 231 g/mol. The average molecular weight is 241 g/mol. The van der Waals surface area contributed by atoms with Gasteiger partial charge in [0.15, 0.2) is 0 Å². The van der Waals surface area contributed by atoms with Crippen LogP contribution in [0.5, 0.6) is 0 Å². The van der Waals surface area contributed by atoms with Crippen LogP contribution in [-0.4, -0.2) is 11.5 Å². The molecule has 0 amide bonds. The monoisotopic (exact) mass is 240 g/mol. The van der Waals surface area contributed by atoms with Gasteiger partial charge in [0.05, 0.1) is 16.3 Å². The predicted octanol–water partition coefficient (Wildman–Crippen LogP) is 2.64. The Morgan fingerprint density at radius 1 is 1.44 bits per heavy atom. The normalized spacial score (nSPS) is 10.7. The van der Waals surface area contributed by atoms with Crippen LogP contribution in [0.4, 0.5) is 4.39 Å². The Morgan fingerprint density at radius 3 is 2.94 bits per heavy atom. The fourth-order valence-electron chi connectivity index (χ4n) is 1.39. The van der Waals surface area contributed by atoms with Crippen molar-refractivity contribution < 1.29 is 8.81 Å². The molecule has 2 aromatic rings. The summed E-state index contributed by atoms with van der Waals surface area (Å²) in [5.41, 5.74) is 6.27. The SMILES string of the molecule is NCCc1coc(-c2c(F)cccc2Cl)n1. The van der Waals surface area contributed by atoms with Gasteiger partial charge in [0, 0.05) is 6.42 Å². The Labute approximate surface area is 97.0 Å². The molecule has 0 aliphatic carbocycles. The third-order valence-electron chi connectivity index (χ3n) is 2.13. The maximum atomic E-state index is 13.5. The number of nitrogens with zero attached hydrogens (tertiary/aromatic N) is 1. The first-order chi connectivity index (χ1) is 7.72. The third-order valence-corrected chi connectivity index (χ3v) is 2.44. The molecule has 0 aliphatic heterocycles. The lowest BCUT2D eigenvalue weighted by molar-refractivity contribution is 0.560. The molecule has 16 heavy (non-hydrogen) atoms. The Hall–Kier alpha value is -1.39. The van der Waals surface area contributed by atoms with Gasteiger partial charge in [-0.25, -0.2) is 9.37 Å². The highest BCUT2D eigenvalue weighted by Gasteiger charge is 2.14. The first-order valence-electron chi connectivity index (χ1n) is 4.81. The van der Waals surface area contributed by atoms with E-state index in [-0.39, 0.29) is 16.5 Å². The van der Waals surface area contributed by atoms with E-state index in [2.05, 4.69) is 4.98 Å². The van der Waals surface area contributed by atoms with E-state index in [4.69, 9.17) is 21.8 Å².